The first-order chi connectivity index (χ1) is 37.2. The zero-order chi connectivity index (χ0) is 49.8. The highest BCUT2D eigenvalue weighted by atomic mass is 15.1. The fourth-order valence-corrected chi connectivity index (χ4v) is 13.0. The summed E-state index contributed by atoms with van der Waals surface area (Å²) in [4.78, 5) is 2.49. The predicted octanol–water partition coefficient (Wildman–Crippen LogP) is 18.9. The third-order valence-electron chi connectivity index (χ3n) is 16.1. The SMILES string of the molecule is c1ccc(-c2ccccc2-c2ccccc2N(c2ccc(-c3cccc4c3-c3ccccc3C4(c3ccccc3)c3ccccc3)cc2)c2ccc3c(c2)C(c2ccccc2)(c2ccccc2)c2ccccc2-3)cc1. The third-order valence-corrected chi connectivity index (χ3v) is 16.1. The molecular formula is C74H51N. The molecule has 2 aliphatic carbocycles. The summed E-state index contributed by atoms with van der Waals surface area (Å²) in [6.07, 6.45) is 0. The number of nitrogens with zero attached hydrogens (tertiary/aromatic N) is 1. The lowest BCUT2D eigenvalue weighted by atomic mass is 9.67. The molecule has 12 aromatic rings. The molecule has 0 fully saturated rings. The van der Waals surface area contributed by atoms with Gasteiger partial charge in [0.25, 0.3) is 0 Å². The van der Waals surface area contributed by atoms with E-state index in [1.807, 2.05) is 0 Å². The molecular weight excluding hydrogens is 903 g/mol. The second kappa shape index (κ2) is 18.2. The fraction of sp³-hybridized carbons (Fsp3) is 0.0270. The first-order valence-corrected chi connectivity index (χ1v) is 26.1. The van der Waals surface area contributed by atoms with E-state index in [2.05, 4.69) is 314 Å². The number of para-hydroxylation sites is 1. The van der Waals surface area contributed by atoms with Crippen LogP contribution < -0.4 is 4.90 Å². The number of hydrogen-bond donors (Lipinski definition) is 0. The quantitative estimate of drug-likeness (QED) is 0.132. The highest BCUT2D eigenvalue weighted by molar-refractivity contribution is 5.98. The molecule has 75 heavy (non-hydrogen) atoms. The fourth-order valence-electron chi connectivity index (χ4n) is 13.0. The maximum absolute atomic E-state index is 2.49. The van der Waals surface area contributed by atoms with Crippen molar-refractivity contribution in [2.45, 2.75) is 10.8 Å². The van der Waals surface area contributed by atoms with E-state index in [-0.39, 0.29) is 0 Å². The smallest absolute Gasteiger partial charge is 0.0714 e. The van der Waals surface area contributed by atoms with Crippen LogP contribution in [0.25, 0.3) is 55.6 Å². The van der Waals surface area contributed by atoms with Gasteiger partial charge in [0, 0.05) is 16.9 Å². The molecule has 14 rings (SSSR count). The standard InChI is InChI=1S/C74H51N/c1-6-25-52(26-7-1)60-35-16-17-36-62(60)65-38-20-23-44-71(65)75(59-49-50-64-63-37-18-21-41-67(63)74(70(64)51-59,56-31-12-4-13-32-56)57-33-14-5-15-34-57)58-47-45-53(46-48-58)61-40-24-43-69-72(61)66-39-19-22-42-68(66)73(69,54-27-8-2-9-28-54)55-29-10-3-11-30-55/h1-51H. The first kappa shape index (κ1) is 44.2. The van der Waals surface area contributed by atoms with Crippen molar-refractivity contribution in [2.75, 3.05) is 4.90 Å². The number of anilines is 3. The number of rotatable bonds is 10. The Hall–Kier alpha value is -9.56. The molecule has 12 aromatic carbocycles. The second-order valence-electron chi connectivity index (χ2n) is 19.8. The van der Waals surface area contributed by atoms with Crippen LogP contribution in [0.4, 0.5) is 17.1 Å². The molecule has 2 aliphatic rings. The lowest BCUT2D eigenvalue weighted by Gasteiger charge is -2.35. The van der Waals surface area contributed by atoms with Gasteiger partial charge in [-0.25, -0.2) is 0 Å². The molecule has 0 bridgehead atoms. The molecule has 0 heterocycles. The van der Waals surface area contributed by atoms with Gasteiger partial charge in [0.2, 0.25) is 0 Å². The molecule has 0 amide bonds. The molecule has 0 unspecified atom stereocenters. The maximum Gasteiger partial charge on any atom is 0.0714 e. The summed E-state index contributed by atoms with van der Waals surface area (Å²) >= 11 is 0. The summed E-state index contributed by atoms with van der Waals surface area (Å²) in [5.74, 6) is 0. The van der Waals surface area contributed by atoms with Crippen LogP contribution in [0.1, 0.15) is 44.5 Å². The minimum Gasteiger partial charge on any atom is -0.310 e. The molecule has 0 spiro atoms. The average molecular weight is 954 g/mol. The van der Waals surface area contributed by atoms with Crippen LogP contribution in [0.2, 0.25) is 0 Å². The van der Waals surface area contributed by atoms with E-state index in [4.69, 9.17) is 0 Å². The topological polar surface area (TPSA) is 3.24 Å². The van der Waals surface area contributed by atoms with Crippen LogP contribution >= 0.6 is 0 Å². The Labute approximate surface area is 440 Å². The monoisotopic (exact) mass is 953 g/mol. The van der Waals surface area contributed by atoms with Gasteiger partial charge < -0.3 is 4.90 Å². The van der Waals surface area contributed by atoms with Crippen LogP contribution in [0, 0.1) is 0 Å². The van der Waals surface area contributed by atoms with Gasteiger partial charge in [-0.2, -0.15) is 0 Å². The Morgan fingerprint density at radius 3 is 1.19 bits per heavy atom. The molecule has 0 saturated carbocycles. The van der Waals surface area contributed by atoms with Gasteiger partial charge >= 0.3 is 0 Å². The Kier molecular flexibility index (Phi) is 10.7. The molecule has 0 aromatic heterocycles. The van der Waals surface area contributed by atoms with E-state index in [0.717, 1.165) is 22.6 Å². The van der Waals surface area contributed by atoms with Gasteiger partial charge in [-0.15, -0.1) is 0 Å². The summed E-state index contributed by atoms with van der Waals surface area (Å²) in [5, 5.41) is 0. The molecule has 0 N–H and O–H groups in total. The van der Waals surface area contributed by atoms with Crippen LogP contribution in [-0.2, 0) is 10.8 Å². The van der Waals surface area contributed by atoms with E-state index in [0.29, 0.717) is 0 Å². The van der Waals surface area contributed by atoms with Crippen LogP contribution in [0.15, 0.2) is 309 Å². The summed E-state index contributed by atoms with van der Waals surface area (Å²) in [7, 11) is 0. The molecule has 352 valence electrons. The molecule has 0 aliphatic heterocycles. The van der Waals surface area contributed by atoms with Crippen molar-refractivity contribution in [1.29, 1.82) is 0 Å². The summed E-state index contributed by atoms with van der Waals surface area (Å²) in [6, 6.07) is 114. The Balaban J connectivity index is 0.989. The average Bonchev–Trinajstić information content (AvgIpc) is 4.08. The predicted molar refractivity (Wildman–Crippen MR) is 312 cm³/mol. The number of fused-ring (bicyclic) bond motifs is 6. The maximum atomic E-state index is 2.49. The van der Waals surface area contributed by atoms with Crippen LogP contribution in [0.5, 0.6) is 0 Å². The van der Waals surface area contributed by atoms with Gasteiger partial charge in [-0.1, -0.05) is 279 Å². The van der Waals surface area contributed by atoms with E-state index in [9.17, 15) is 0 Å². The van der Waals surface area contributed by atoms with Crippen molar-refractivity contribution in [3.8, 4) is 55.6 Å². The Bertz CT molecular complexity index is 3950. The van der Waals surface area contributed by atoms with Crippen molar-refractivity contribution in [3.63, 3.8) is 0 Å². The lowest BCUT2D eigenvalue weighted by molar-refractivity contribution is 0.768. The van der Waals surface area contributed by atoms with E-state index < -0.39 is 10.8 Å². The van der Waals surface area contributed by atoms with Gasteiger partial charge in [-0.3, -0.25) is 0 Å². The number of hydrogen-bond acceptors (Lipinski definition) is 1. The zero-order valence-corrected chi connectivity index (χ0v) is 41.4. The minimum absolute atomic E-state index is 0.483. The highest BCUT2D eigenvalue weighted by Gasteiger charge is 2.48. The van der Waals surface area contributed by atoms with Crippen molar-refractivity contribution in [3.05, 3.63) is 354 Å². The normalized spacial score (nSPS) is 13.3. The summed E-state index contributed by atoms with van der Waals surface area (Å²) in [5.41, 5.74) is 24.5. The summed E-state index contributed by atoms with van der Waals surface area (Å²) in [6.45, 7) is 0. The van der Waals surface area contributed by atoms with Crippen molar-refractivity contribution in [1.82, 2.24) is 0 Å². The largest absolute Gasteiger partial charge is 0.310 e. The Morgan fingerprint density at radius 2 is 0.600 bits per heavy atom. The van der Waals surface area contributed by atoms with Crippen molar-refractivity contribution < 1.29 is 0 Å². The third kappa shape index (κ3) is 6.86. The van der Waals surface area contributed by atoms with E-state index in [1.165, 1.54) is 94.6 Å². The van der Waals surface area contributed by atoms with Crippen LogP contribution in [0.3, 0.4) is 0 Å². The molecule has 0 saturated heterocycles. The van der Waals surface area contributed by atoms with Gasteiger partial charge in [-0.05, 0) is 125 Å². The first-order valence-electron chi connectivity index (χ1n) is 26.1. The second-order valence-corrected chi connectivity index (χ2v) is 19.8. The van der Waals surface area contributed by atoms with Gasteiger partial charge in [0.1, 0.15) is 0 Å². The molecule has 1 nitrogen and oxygen atoms in total. The molecule has 1 heteroatoms. The highest BCUT2D eigenvalue weighted by Crippen LogP contribution is 2.60. The minimum atomic E-state index is -0.557. The van der Waals surface area contributed by atoms with Gasteiger partial charge in [0.05, 0.1) is 16.5 Å². The van der Waals surface area contributed by atoms with E-state index >= 15 is 0 Å². The number of benzene rings is 12. The lowest BCUT2D eigenvalue weighted by Crippen LogP contribution is -2.28. The van der Waals surface area contributed by atoms with Crippen LogP contribution in [-0.4, -0.2) is 0 Å². The van der Waals surface area contributed by atoms with E-state index in [1.54, 1.807) is 0 Å². The molecule has 0 radical (unpaired) electrons. The Morgan fingerprint density at radius 1 is 0.213 bits per heavy atom. The van der Waals surface area contributed by atoms with Crippen molar-refractivity contribution >= 4 is 17.1 Å². The summed E-state index contributed by atoms with van der Waals surface area (Å²) < 4.78 is 0. The van der Waals surface area contributed by atoms with Crippen molar-refractivity contribution in [2.24, 2.45) is 0 Å². The zero-order valence-electron chi connectivity index (χ0n) is 41.4. The molecule has 0 atom stereocenters. The van der Waals surface area contributed by atoms with Gasteiger partial charge in [0.15, 0.2) is 0 Å².